The van der Waals surface area contributed by atoms with Gasteiger partial charge in [0.1, 0.15) is 11.6 Å². The van der Waals surface area contributed by atoms with Crippen LogP contribution in [0.3, 0.4) is 0 Å². The molecule has 122 valence electrons. The lowest BCUT2D eigenvalue weighted by molar-refractivity contribution is 0.628. The lowest BCUT2D eigenvalue weighted by Crippen LogP contribution is -2.24. The van der Waals surface area contributed by atoms with E-state index in [1.54, 1.807) is 41.2 Å². The van der Waals surface area contributed by atoms with Crippen molar-refractivity contribution < 1.29 is 4.39 Å². The van der Waals surface area contributed by atoms with Crippen molar-refractivity contribution in [1.82, 2.24) is 14.5 Å². The van der Waals surface area contributed by atoms with Gasteiger partial charge in [-0.1, -0.05) is 18.2 Å². The van der Waals surface area contributed by atoms with E-state index in [2.05, 4.69) is 9.97 Å². The van der Waals surface area contributed by atoms with Gasteiger partial charge < -0.3 is 0 Å². The molecule has 0 radical (unpaired) electrons. The van der Waals surface area contributed by atoms with Crippen molar-refractivity contribution in [2.75, 3.05) is 0 Å². The Balaban J connectivity index is 1.97. The molecule has 5 heteroatoms. The minimum absolute atomic E-state index is 0.131. The molecule has 0 N–H and O–H groups in total. The molecule has 4 aromatic rings. The van der Waals surface area contributed by atoms with Gasteiger partial charge in [0, 0.05) is 18.0 Å². The highest BCUT2D eigenvalue weighted by atomic mass is 19.1. The average molecular weight is 331 g/mol. The maximum absolute atomic E-state index is 13.3. The first-order valence-corrected chi connectivity index (χ1v) is 7.87. The van der Waals surface area contributed by atoms with Gasteiger partial charge in [-0.05, 0) is 48.0 Å². The number of pyridine rings is 1. The second-order valence-electron chi connectivity index (χ2n) is 5.71. The van der Waals surface area contributed by atoms with Crippen molar-refractivity contribution in [2.24, 2.45) is 0 Å². The van der Waals surface area contributed by atoms with Crippen LogP contribution in [0.1, 0.15) is 5.56 Å². The van der Waals surface area contributed by atoms with E-state index in [1.165, 1.54) is 12.1 Å². The molecular formula is C20H14FN3O. The predicted octanol–water partition coefficient (Wildman–Crippen LogP) is 3.65. The Kier molecular flexibility index (Phi) is 3.82. The average Bonchev–Trinajstić information content (AvgIpc) is 2.65. The van der Waals surface area contributed by atoms with Gasteiger partial charge in [-0.3, -0.25) is 14.3 Å². The summed E-state index contributed by atoms with van der Waals surface area (Å²) in [5.74, 6) is 0.179. The summed E-state index contributed by atoms with van der Waals surface area (Å²) in [7, 11) is 0. The SMILES string of the molecule is O=c1c2ccccc2nc(-c2ccc(F)cc2)n1Cc1cccnc1. The van der Waals surface area contributed by atoms with E-state index in [4.69, 9.17) is 0 Å². The number of hydrogen-bond acceptors (Lipinski definition) is 3. The van der Waals surface area contributed by atoms with Crippen molar-refractivity contribution in [3.8, 4) is 11.4 Å². The van der Waals surface area contributed by atoms with Crippen molar-refractivity contribution in [3.05, 3.63) is 94.8 Å². The molecule has 2 heterocycles. The van der Waals surface area contributed by atoms with E-state index < -0.39 is 0 Å². The summed E-state index contributed by atoms with van der Waals surface area (Å²) in [6.07, 6.45) is 3.40. The van der Waals surface area contributed by atoms with E-state index in [9.17, 15) is 9.18 Å². The summed E-state index contributed by atoms with van der Waals surface area (Å²) in [5, 5.41) is 0.553. The van der Waals surface area contributed by atoms with Gasteiger partial charge in [0.25, 0.3) is 5.56 Å². The van der Waals surface area contributed by atoms with E-state index in [0.29, 0.717) is 28.8 Å². The summed E-state index contributed by atoms with van der Waals surface area (Å²) in [6, 6.07) is 17.0. The van der Waals surface area contributed by atoms with Crippen LogP contribution < -0.4 is 5.56 Å². The van der Waals surface area contributed by atoms with E-state index in [-0.39, 0.29) is 11.4 Å². The first-order chi connectivity index (χ1) is 12.2. The Bertz CT molecular complexity index is 1090. The van der Waals surface area contributed by atoms with Gasteiger partial charge in [-0.2, -0.15) is 0 Å². The molecule has 0 aliphatic heterocycles. The van der Waals surface area contributed by atoms with Crippen molar-refractivity contribution >= 4 is 10.9 Å². The number of rotatable bonds is 3. The van der Waals surface area contributed by atoms with Crippen LogP contribution in [0.25, 0.3) is 22.3 Å². The highest BCUT2D eigenvalue weighted by Gasteiger charge is 2.13. The summed E-state index contributed by atoms with van der Waals surface area (Å²) in [5.41, 5.74) is 2.07. The minimum atomic E-state index is -0.328. The molecule has 0 spiro atoms. The number of para-hydroxylation sites is 1. The van der Waals surface area contributed by atoms with Crippen molar-refractivity contribution in [2.45, 2.75) is 6.54 Å². The standard InChI is InChI=1S/C20H14FN3O/c21-16-9-7-15(8-10-16)19-23-18-6-2-1-5-17(18)20(25)24(19)13-14-4-3-11-22-12-14/h1-12H,13H2. The first-order valence-electron chi connectivity index (χ1n) is 7.87. The third-order valence-electron chi connectivity index (χ3n) is 4.03. The van der Waals surface area contributed by atoms with Crippen LogP contribution in [-0.4, -0.2) is 14.5 Å². The zero-order chi connectivity index (χ0) is 17.2. The van der Waals surface area contributed by atoms with Gasteiger partial charge in [0.05, 0.1) is 17.4 Å². The smallest absolute Gasteiger partial charge is 0.261 e. The fourth-order valence-electron chi connectivity index (χ4n) is 2.81. The number of aromatic nitrogens is 3. The molecule has 0 fully saturated rings. The molecule has 0 amide bonds. The zero-order valence-electron chi connectivity index (χ0n) is 13.3. The highest BCUT2D eigenvalue weighted by Crippen LogP contribution is 2.20. The summed E-state index contributed by atoms with van der Waals surface area (Å²) >= 11 is 0. The Morgan fingerprint density at radius 3 is 2.52 bits per heavy atom. The molecule has 2 aromatic heterocycles. The molecule has 4 nitrogen and oxygen atoms in total. The van der Waals surface area contributed by atoms with Crippen LogP contribution in [0.2, 0.25) is 0 Å². The van der Waals surface area contributed by atoms with Crippen LogP contribution in [0, 0.1) is 5.82 Å². The monoisotopic (exact) mass is 331 g/mol. The Labute approximate surface area is 143 Å². The van der Waals surface area contributed by atoms with E-state index in [0.717, 1.165) is 5.56 Å². The zero-order valence-corrected chi connectivity index (χ0v) is 13.3. The molecule has 0 saturated carbocycles. The van der Waals surface area contributed by atoms with Gasteiger partial charge >= 0.3 is 0 Å². The number of fused-ring (bicyclic) bond motifs is 1. The molecule has 0 bridgehead atoms. The van der Waals surface area contributed by atoms with Crippen molar-refractivity contribution in [1.29, 1.82) is 0 Å². The minimum Gasteiger partial charge on any atom is -0.288 e. The van der Waals surface area contributed by atoms with Crippen LogP contribution in [0.15, 0.2) is 77.9 Å². The maximum Gasteiger partial charge on any atom is 0.261 e. The third kappa shape index (κ3) is 2.92. The molecule has 2 aromatic carbocycles. The van der Waals surface area contributed by atoms with Crippen molar-refractivity contribution in [3.63, 3.8) is 0 Å². The van der Waals surface area contributed by atoms with Crippen LogP contribution >= 0.6 is 0 Å². The molecule has 0 saturated heterocycles. The number of halogens is 1. The quantitative estimate of drug-likeness (QED) is 0.576. The lowest BCUT2D eigenvalue weighted by atomic mass is 10.1. The fourth-order valence-corrected chi connectivity index (χ4v) is 2.81. The molecule has 25 heavy (non-hydrogen) atoms. The summed E-state index contributed by atoms with van der Waals surface area (Å²) < 4.78 is 14.9. The molecule has 0 unspecified atom stereocenters. The van der Waals surface area contributed by atoms with Crippen LogP contribution in [-0.2, 0) is 6.54 Å². The maximum atomic E-state index is 13.3. The van der Waals surface area contributed by atoms with Crippen LogP contribution in [0.4, 0.5) is 4.39 Å². The fraction of sp³-hybridized carbons (Fsp3) is 0.0500. The second-order valence-corrected chi connectivity index (χ2v) is 5.71. The number of benzene rings is 2. The Morgan fingerprint density at radius 1 is 0.960 bits per heavy atom. The number of nitrogens with zero attached hydrogens (tertiary/aromatic N) is 3. The molecular weight excluding hydrogens is 317 g/mol. The summed E-state index contributed by atoms with van der Waals surface area (Å²) in [6.45, 7) is 0.344. The van der Waals surface area contributed by atoms with Crippen LogP contribution in [0.5, 0.6) is 0 Å². The van der Waals surface area contributed by atoms with Gasteiger partial charge in [-0.15, -0.1) is 0 Å². The highest BCUT2D eigenvalue weighted by molar-refractivity contribution is 5.79. The van der Waals surface area contributed by atoms with Gasteiger partial charge in [0.2, 0.25) is 0 Å². The molecule has 0 aliphatic carbocycles. The normalized spacial score (nSPS) is 10.9. The third-order valence-corrected chi connectivity index (χ3v) is 4.03. The largest absolute Gasteiger partial charge is 0.288 e. The Morgan fingerprint density at radius 2 is 1.76 bits per heavy atom. The molecule has 4 rings (SSSR count). The second kappa shape index (κ2) is 6.28. The van der Waals surface area contributed by atoms with Gasteiger partial charge in [-0.25, -0.2) is 9.37 Å². The molecule has 0 aliphatic rings. The topological polar surface area (TPSA) is 47.8 Å². The lowest BCUT2D eigenvalue weighted by Gasteiger charge is -2.13. The first kappa shape index (κ1) is 15.2. The Hall–Kier alpha value is -3.34. The van der Waals surface area contributed by atoms with E-state index >= 15 is 0 Å². The van der Waals surface area contributed by atoms with E-state index in [1.807, 2.05) is 24.3 Å². The number of hydrogen-bond donors (Lipinski definition) is 0. The molecule has 0 atom stereocenters. The predicted molar refractivity (Wildman–Crippen MR) is 94.7 cm³/mol. The summed E-state index contributed by atoms with van der Waals surface area (Å²) in [4.78, 5) is 21.8. The van der Waals surface area contributed by atoms with Gasteiger partial charge in [0.15, 0.2) is 0 Å².